The Kier molecular flexibility index (Phi) is 4.50. The van der Waals surface area contributed by atoms with Crippen molar-refractivity contribution in [3.05, 3.63) is 62.7 Å². The van der Waals surface area contributed by atoms with Gasteiger partial charge in [-0.25, -0.2) is 14.8 Å². The highest BCUT2D eigenvalue weighted by atomic mass is 35.5. The molecule has 128 valence electrons. The van der Waals surface area contributed by atoms with Crippen LogP contribution in [0.3, 0.4) is 0 Å². The number of nitrogens with zero attached hydrogens (tertiary/aromatic N) is 3. The van der Waals surface area contributed by atoms with Crippen molar-refractivity contribution in [2.45, 2.75) is 24.7 Å². The molecule has 3 aromatic rings. The van der Waals surface area contributed by atoms with Crippen LogP contribution < -0.4 is 5.63 Å². The summed E-state index contributed by atoms with van der Waals surface area (Å²) in [5.41, 5.74) is 2.84. The van der Waals surface area contributed by atoms with Gasteiger partial charge in [-0.3, -0.25) is 4.90 Å². The number of halogens is 1. The Bertz CT molecular complexity index is 1010. The molecule has 1 aliphatic rings. The largest absolute Gasteiger partial charge is 0.422 e. The first kappa shape index (κ1) is 16.6. The van der Waals surface area contributed by atoms with E-state index in [2.05, 4.69) is 14.9 Å². The summed E-state index contributed by atoms with van der Waals surface area (Å²) in [5.74, 6) is 0. The fraction of sp³-hybridized carbons (Fsp3) is 0.278. The average Bonchev–Trinajstić information content (AvgIpc) is 2.64. The molecule has 0 saturated heterocycles. The van der Waals surface area contributed by atoms with Crippen molar-refractivity contribution in [1.29, 1.82) is 0 Å². The van der Waals surface area contributed by atoms with Gasteiger partial charge in [-0.15, -0.1) is 0 Å². The third kappa shape index (κ3) is 3.17. The summed E-state index contributed by atoms with van der Waals surface area (Å²) in [6.07, 6.45) is 4.69. The fourth-order valence-electron chi connectivity index (χ4n) is 3.10. The molecule has 1 aliphatic heterocycles. The number of benzene rings is 1. The molecular weight excluding hydrogens is 358 g/mol. The zero-order valence-corrected chi connectivity index (χ0v) is 15.2. The number of thioether (sulfide) groups is 1. The minimum atomic E-state index is -0.372. The first-order valence-corrected chi connectivity index (χ1v) is 9.57. The van der Waals surface area contributed by atoms with E-state index in [0.717, 1.165) is 34.8 Å². The van der Waals surface area contributed by atoms with Crippen molar-refractivity contribution in [2.24, 2.45) is 0 Å². The van der Waals surface area contributed by atoms with Crippen LogP contribution in [0, 0.1) is 0 Å². The number of para-hydroxylation sites is 1. The van der Waals surface area contributed by atoms with E-state index in [0.29, 0.717) is 29.3 Å². The van der Waals surface area contributed by atoms with Gasteiger partial charge in [0, 0.05) is 43.2 Å². The summed E-state index contributed by atoms with van der Waals surface area (Å²) in [7, 11) is 0. The topological polar surface area (TPSA) is 59.2 Å². The Morgan fingerprint density at radius 2 is 2.20 bits per heavy atom. The van der Waals surface area contributed by atoms with E-state index in [1.165, 1.54) is 0 Å². The number of hydrogen-bond acceptors (Lipinski definition) is 6. The average molecular weight is 374 g/mol. The van der Waals surface area contributed by atoms with Crippen molar-refractivity contribution < 1.29 is 4.42 Å². The van der Waals surface area contributed by atoms with Crippen molar-refractivity contribution in [3.63, 3.8) is 0 Å². The molecular formula is C18H16ClN3O2S. The van der Waals surface area contributed by atoms with E-state index in [9.17, 15) is 4.79 Å². The molecule has 0 fully saturated rings. The molecule has 0 bridgehead atoms. The Balaban J connectivity index is 1.63. The zero-order valence-electron chi connectivity index (χ0n) is 13.7. The third-order valence-electron chi connectivity index (χ3n) is 4.39. The molecule has 3 heterocycles. The predicted octanol–water partition coefficient (Wildman–Crippen LogP) is 3.52. The third-order valence-corrected chi connectivity index (χ3v) is 5.39. The van der Waals surface area contributed by atoms with Gasteiger partial charge in [0.05, 0.1) is 16.3 Å². The Hall–Kier alpha value is -1.89. The van der Waals surface area contributed by atoms with Crippen LogP contribution in [-0.2, 0) is 19.5 Å². The molecule has 2 aromatic heterocycles. The van der Waals surface area contributed by atoms with Crippen LogP contribution >= 0.6 is 23.4 Å². The number of aromatic nitrogens is 2. The zero-order chi connectivity index (χ0) is 17.4. The van der Waals surface area contributed by atoms with Crippen molar-refractivity contribution in [1.82, 2.24) is 14.9 Å². The molecule has 7 heteroatoms. The fourth-order valence-corrected chi connectivity index (χ4v) is 3.75. The van der Waals surface area contributed by atoms with Crippen molar-refractivity contribution in [2.75, 3.05) is 12.8 Å². The lowest BCUT2D eigenvalue weighted by molar-refractivity contribution is 0.239. The van der Waals surface area contributed by atoms with Gasteiger partial charge in [0.2, 0.25) is 0 Å². The second-order valence-corrected chi connectivity index (χ2v) is 7.12. The van der Waals surface area contributed by atoms with E-state index >= 15 is 0 Å². The van der Waals surface area contributed by atoms with E-state index in [4.69, 9.17) is 16.0 Å². The van der Waals surface area contributed by atoms with E-state index in [1.54, 1.807) is 17.8 Å². The lowest BCUT2D eigenvalue weighted by atomic mass is 10.1. The van der Waals surface area contributed by atoms with Crippen molar-refractivity contribution >= 4 is 34.3 Å². The van der Waals surface area contributed by atoms with Gasteiger partial charge in [-0.2, -0.15) is 0 Å². The molecule has 0 spiro atoms. The molecule has 0 saturated carbocycles. The lowest BCUT2D eigenvalue weighted by Crippen LogP contribution is -2.32. The van der Waals surface area contributed by atoms with Gasteiger partial charge in [0.15, 0.2) is 5.16 Å². The summed E-state index contributed by atoms with van der Waals surface area (Å²) in [6, 6.07) is 7.33. The lowest BCUT2D eigenvalue weighted by Gasteiger charge is -2.27. The number of hydrogen-bond donors (Lipinski definition) is 0. The summed E-state index contributed by atoms with van der Waals surface area (Å²) in [4.78, 5) is 23.4. The number of fused-ring (bicyclic) bond motifs is 2. The highest BCUT2D eigenvalue weighted by Gasteiger charge is 2.22. The van der Waals surface area contributed by atoms with Crippen LogP contribution in [0.15, 0.2) is 44.8 Å². The molecule has 0 atom stereocenters. The minimum absolute atomic E-state index is 0.372. The second kappa shape index (κ2) is 6.78. The van der Waals surface area contributed by atoms with Crippen LogP contribution in [0.4, 0.5) is 0 Å². The Labute approximate surface area is 154 Å². The summed E-state index contributed by atoms with van der Waals surface area (Å²) < 4.78 is 5.42. The molecule has 1 aromatic carbocycles. The Morgan fingerprint density at radius 3 is 3.04 bits per heavy atom. The van der Waals surface area contributed by atoms with Crippen LogP contribution in [0.25, 0.3) is 11.0 Å². The summed E-state index contributed by atoms with van der Waals surface area (Å²) >= 11 is 8.03. The van der Waals surface area contributed by atoms with Gasteiger partial charge < -0.3 is 4.42 Å². The van der Waals surface area contributed by atoms with Crippen molar-refractivity contribution in [3.8, 4) is 0 Å². The van der Waals surface area contributed by atoms with Crippen LogP contribution in [-0.4, -0.2) is 27.7 Å². The van der Waals surface area contributed by atoms with Gasteiger partial charge in [0.1, 0.15) is 5.58 Å². The van der Waals surface area contributed by atoms with Gasteiger partial charge in [0.25, 0.3) is 0 Å². The molecule has 0 N–H and O–H groups in total. The van der Waals surface area contributed by atoms with E-state index in [1.807, 2.05) is 30.7 Å². The van der Waals surface area contributed by atoms with Crippen LogP contribution in [0.1, 0.15) is 16.8 Å². The van der Waals surface area contributed by atoms with E-state index in [-0.39, 0.29) is 5.63 Å². The van der Waals surface area contributed by atoms with Crippen LogP contribution in [0.2, 0.25) is 5.02 Å². The highest BCUT2D eigenvalue weighted by molar-refractivity contribution is 7.98. The molecule has 0 amide bonds. The quantitative estimate of drug-likeness (QED) is 0.398. The maximum absolute atomic E-state index is 12.4. The predicted molar refractivity (Wildman–Crippen MR) is 99.1 cm³/mol. The molecule has 0 radical (unpaired) electrons. The molecule has 25 heavy (non-hydrogen) atoms. The first-order valence-electron chi connectivity index (χ1n) is 7.97. The molecule has 0 unspecified atom stereocenters. The second-order valence-electron chi connectivity index (χ2n) is 5.97. The van der Waals surface area contributed by atoms with Gasteiger partial charge in [-0.1, -0.05) is 35.5 Å². The number of rotatable bonds is 3. The van der Waals surface area contributed by atoms with Crippen LogP contribution in [0.5, 0.6) is 0 Å². The normalized spacial score (nSPS) is 14.6. The monoisotopic (exact) mass is 373 g/mol. The smallest absolute Gasteiger partial charge is 0.342 e. The SMILES string of the molecule is CSc1ncc2c(n1)CCN(Cc1c(Cl)c3ccccc3oc1=O)C2. The minimum Gasteiger partial charge on any atom is -0.422 e. The molecule has 0 aliphatic carbocycles. The summed E-state index contributed by atoms with van der Waals surface area (Å²) in [6.45, 7) is 1.97. The van der Waals surface area contributed by atoms with Gasteiger partial charge >= 0.3 is 5.63 Å². The maximum Gasteiger partial charge on any atom is 0.342 e. The van der Waals surface area contributed by atoms with Gasteiger partial charge in [-0.05, 0) is 18.4 Å². The van der Waals surface area contributed by atoms with E-state index < -0.39 is 0 Å². The highest BCUT2D eigenvalue weighted by Crippen LogP contribution is 2.27. The first-order chi connectivity index (χ1) is 12.2. The molecule has 4 rings (SSSR count). The Morgan fingerprint density at radius 1 is 1.36 bits per heavy atom. The maximum atomic E-state index is 12.4. The summed E-state index contributed by atoms with van der Waals surface area (Å²) in [5, 5.41) is 2.04. The standard InChI is InChI=1S/C18H16ClN3O2S/c1-25-18-20-8-11-9-22(7-6-14(11)21-18)10-13-16(19)12-4-2-3-5-15(12)24-17(13)23/h2-5,8H,6-7,9-10H2,1H3. The molecule has 5 nitrogen and oxygen atoms in total.